The monoisotopic (exact) mass is 148 g/mol. The van der Waals surface area contributed by atoms with Crippen LogP contribution in [0.4, 0.5) is 0 Å². The van der Waals surface area contributed by atoms with Crippen molar-refractivity contribution in [2.24, 2.45) is 11.5 Å². The van der Waals surface area contributed by atoms with Crippen molar-refractivity contribution in [2.45, 2.75) is 6.42 Å². The summed E-state index contributed by atoms with van der Waals surface area (Å²) in [6, 6.07) is 0. The summed E-state index contributed by atoms with van der Waals surface area (Å²) in [5, 5.41) is 0. The molecule has 0 saturated heterocycles. The molecule has 4 N–H and O–H groups in total. The predicted octanol–water partition coefficient (Wildman–Crippen LogP) is 1.19. The maximum atomic E-state index is 5.70. The van der Waals surface area contributed by atoms with Crippen LogP contribution >= 0.6 is 0 Å². The van der Waals surface area contributed by atoms with Gasteiger partial charge in [-0.25, -0.2) is 0 Å². The zero-order chi connectivity index (χ0) is 8.10. The molecule has 0 saturated carbocycles. The molecule has 2 heteroatoms. The normalized spacial score (nSPS) is 17.8. The van der Waals surface area contributed by atoms with E-state index in [4.69, 9.17) is 11.5 Å². The van der Waals surface area contributed by atoms with Gasteiger partial charge in [0.15, 0.2) is 0 Å². The van der Waals surface area contributed by atoms with E-state index < -0.39 is 0 Å². The van der Waals surface area contributed by atoms with Crippen LogP contribution in [0.2, 0.25) is 0 Å². The fourth-order valence-electron chi connectivity index (χ4n) is 0.916. The van der Waals surface area contributed by atoms with Crippen molar-refractivity contribution >= 4 is 0 Å². The minimum atomic E-state index is 0.764. The maximum absolute atomic E-state index is 5.70. The Balaban J connectivity index is 2.94. The minimum absolute atomic E-state index is 0.764. The molecule has 0 fully saturated rings. The summed E-state index contributed by atoms with van der Waals surface area (Å²) in [6.45, 7) is 0. The summed E-state index contributed by atoms with van der Waals surface area (Å²) >= 11 is 0. The van der Waals surface area contributed by atoms with Crippen molar-refractivity contribution in [2.75, 3.05) is 0 Å². The number of rotatable bonds is 1. The Bertz CT molecular complexity index is 244. The van der Waals surface area contributed by atoms with Gasteiger partial charge in [0.05, 0.1) is 0 Å². The van der Waals surface area contributed by atoms with E-state index in [0.717, 1.165) is 17.7 Å². The molecule has 58 valence electrons. The molecule has 0 atom stereocenters. The lowest BCUT2D eigenvalue weighted by Crippen LogP contribution is -1.96. The van der Waals surface area contributed by atoms with Crippen molar-refractivity contribution < 1.29 is 0 Å². The highest BCUT2D eigenvalue weighted by molar-refractivity contribution is 5.40. The molecule has 0 amide bonds. The molecule has 0 aromatic carbocycles. The Hall–Kier alpha value is -1.44. The Morgan fingerprint density at radius 2 is 2.00 bits per heavy atom. The summed E-state index contributed by atoms with van der Waals surface area (Å²) in [7, 11) is 0. The molecule has 0 aromatic heterocycles. The molecular weight excluding hydrogens is 136 g/mol. The standard InChI is InChI=1S/C9H12N2/c10-7-6-8-4-2-1-3-5-9(8)11/h2-7H,1,10-11H2/b7-6-. The molecular formula is C9H12N2. The summed E-state index contributed by atoms with van der Waals surface area (Å²) < 4.78 is 0. The van der Waals surface area contributed by atoms with Crippen LogP contribution in [0.1, 0.15) is 6.42 Å². The molecule has 0 bridgehead atoms. The molecule has 0 radical (unpaired) electrons. The van der Waals surface area contributed by atoms with Gasteiger partial charge in [-0.15, -0.1) is 0 Å². The Labute approximate surface area is 66.6 Å². The van der Waals surface area contributed by atoms with E-state index in [1.807, 2.05) is 24.3 Å². The van der Waals surface area contributed by atoms with Gasteiger partial charge in [-0.3, -0.25) is 0 Å². The lowest BCUT2D eigenvalue weighted by Gasteiger charge is -1.95. The van der Waals surface area contributed by atoms with Gasteiger partial charge in [-0.05, 0) is 30.3 Å². The molecule has 0 aromatic rings. The molecule has 1 aliphatic rings. The highest BCUT2D eigenvalue weighted by atomic mass is 14.6. The van der Waals surface area contributed by atoms with Crippen LogP contribution in [0.3, 0.4) is 0 Å². The van der Waals surface area contributed by atoms with Gasteiger partial charge in [0.2, 0.25) is 0 Å². The zero-order valence-electron chi connectivity index (χ0n) is 6.33. The topological polar surface area (TPSA) is 52.0 Å². The summed E-state index contributed by atoms with van der Waals surface area (Å²) in [5.41, 5.74) is 12.7. The quantitative estimate of drug-likeness (QED) is 0.586. The summed E-state index contributed by atoms with van der Waals surface area (Å²) in [6.07, 6.45) is 12.2. The van der Waals surface area contributed by atoms with Gasteiger partial charge in [-0.1, -0.05) is 18.2 Å². The number of hydrogen-bond donors (Lipinski definition) is 2. The van der Waals surface area contributed by atoms with Crippen LogP contribution in [-0.2, 0) is 0 Å². The van der Waals surface area contributed by atoms with Crippen LogP contribution in [-0.4, -0.2) is 0 Å². The van der Waals surface area contributed by atoms with E-state index in [1.54, 1.807) is 6.08 Å². The second kappa shape index (κ2) is 3.66. The average molecular weight is 148 g/mol. The maximum Gasteiger partial charge on any atom is 0.0384 e. The van der Waals surface area contributed by atoms with Gasteiger partial charge in [0.1, 0.15) is 0 Å². The SMILES string of the molecule is N/C=C\C1=C(N)C=CCC=C1. The van der Waals surface area contributed by atoms with Crippen LogP contribution in [0.15, 0.2) is 47.9 Å². The van der Waals surface area contributed by atoms with Crippen molar-refractivity contribution in [3.63, 3.8) is 0 Å². The smallest absolute Gasteiger partial charge is 0.0384 e. The lowest BCUT2D eigenvalue weighted by atomic mass is 10.2. The third-order valence-electron chi connectivity index (χ3n) is 1.48. The van der Waals surface area contributed by atoms with Crippen LogP contribution in [0, 0.1) is 0 Å². The van der Waals surface area contributed by atoms with Crippen molar-refractivity contribution in [3.8, 4) is 0 Å². The van der Waals surface area contributed by atoms with Gasteiger partial charge < -0.3 is 11.5 Å². The third-order valence-corrected chi connectivity index (χ3v) is 1.48. The van der Waals surface area contributed by atoms with E-state index in [9.17, 15) is 0 Å². The zero-order valence-corrected chi connectivity index (χ0v) is 6.33. The van der Waals surface area contributed by atoms with Gasteiger partial charge in [0, 0.05) is 5.70 Å². The van der Waals surface area contributed by atoms with Gasteiger partial charge in [-0.2, -0.15) is 0 Å². The van der Waals surface area contributed by atoms with Crippen LogP contribution < -0.4 is 11.5 Å². The molecule has 0 heterocycles. The summed E-state index contributed by atoms with van der Waals surface area (Å²) in [5.74, 6) is 0. The van der Waals surface area contributed by atoms with Crippen molar-refractivity contribution in [3.05, 3.63) is 47.9 Å². The molecule has 0 aliphatic heterocycles. The first kappa shape index (κ1) is 7.66. The third kappa shape index (κ3) is 2.00. The van der Waals surface area contributed by atoms with Gasteiger partial charge in [0.25, 0.3) is 0 Å². The van der Waals surface area contributed by atoms with Crippen LogP contribution in [0.5, 0.6) is 0 Å². The largest absolute Gasteiger partial charge is 0.405 e. The van der Waals surface area contributed by atoms with E-state index in [1.165, 1.54) is 6.20 Å². The Kier molecular flexibility index (Phi) is 2.55. The number of hydrogen-bond acceptors (Lipinski definition) is 2. The predicted molar refractivity (Wildman–Crippen MR) is 47.4 cm³/mol. The highest BCUT2D eigenvalue weighted by Crippen LogP contribution is 2.09. The van der Waals surface area contributed by atoms with Gasteiger partial charge >= 0.3 is 0 Å². The van der Waals surface area contributed by atoms with Crippen LogP contribution in [0.25, 0.3) is 0 Å². The van der Waals surface area contributed by atoms with E-state index in [0.29, 0.717) is 0 Å². The van der Waals surface area contributed by atoms with Crippen molar-refractivity contribution in [1.29, 1.82) is 0 Å². The number of nitrogens with two attached hydrogens (primary N) is 2. The molecule has 0 unspecified atom stereocenters. The molecule has 1 rings (SSSR count). The minimum Gasteiger partial charge on any atom is -0.405 e. The van der Waals surface area contributed by atoms with E-state index in [-0.39, 0.29) is 0 Å². The molecule has 0 spiro atoms. The first-order valence-corrected chi connectivity index (χ1v) is 3.55. The van der Waals surface area contributed by atoms with E-state index in [2.05, 4.69) is 0 Å². The lowest BCUT2D eigenvalue weighted by molar-refractivity contribution is 1.36. The first-order chi connectivity index (χ1) is 5.34. The second-order valence-corrected chi connectivity index (χ2v) is 2.31. The molecule has 1 aliphatic carbocycles. The molecule has 2 nitrogen and oxygen atoms in total. The fourth-order valence-corrected chi connectivity index (χ4v) is 0.916. The second-order valence-electron chi connectivity index (χ2n) is 2.31. The number of allylic oxidation sites excluding steroid dienone is 6. The van der Waals surface area contributed by atoms with Crippen molar-refractivity contribution in [1.82, 2.24) is 0 Å². The fraction of sp³-hybridized carbons (Fsp3) is 0.111. The van der Waals surface area contributed by atoms with E-state index >= 15 is 0 Å². The highest BCUT2D eigenvalue weighted by Gasteiger charge is 1.94. The molecule has 11 heavy (non-hydrogen) atoms. The summed E-state index contributed by atoms with van der Waals surface area (Å²) in [4.78, 5) is 0. The Morgan fingerprint density at radius 3 is 2.73 bits per heavy atom. The first-order valence-electron chi connectivity index (χ1n) is 3.55. The Morgan fingerprint density at radius 1 is 1.27 bits per heavy atom. The average Bonchev–Trinajstić information content (AvgIpc) is 2.18.